The van der Waals surface area contributed by atoms with Crippen LogP contribution in [0.3, 0.4) is 0 Å². The maximum absolute atomic E-state index is 13.5. The van der Waals surface area contributed by atoms with E-state index in [0.717, 1.165) is 38.1 Å². The molecule has 1 fully saturated rings. The number of halogens is 2. The van der Waals surface area contributed by atoms with Crippen molar-refractivity contribution in [2.24, 2.45) is 11.8 Å². The minimum Gasteiger partial charge on any atom is -0.316 e. The molecule has 1 saturated heterocycles. The first kappa shape index (κ1) is 14.1. The first-order valence-electron chi connectivity index (χ1n) is 6.77. The Balaban J connectivity index is 2.04. The molecular weight excluding hydrogens is 248 g/mol. The van der Waals surface area contributed by atoms with Crippen molar-refractivity contribution in [2.45, 2.75) is 26.2 Å². The fourth-order valence-corrected chi connectivity index (χ4v) is 2.69. The average Bonchev–Trinajstić information content (AvgIpc) is 2.39. The zero-order chi connectivity index (χ0) is 13.8. The number of benzene rings is 1. The summed E-state index contributed by atoms with van der Waals surface area (Å²) in [6.45, 7) is 3.88. The Hall–Kier alpha value is -1.29. The van der Waals surface area contributed by atoms with Gasteiger partial charge >= 0.3 is 0 Å². The van der Waals surface area contributed by atoms with Gasteiger partial charge in [-0.1, -0.05) is 13.0 Å². The molecule has 0 radical (unpaired) electrons. The minimum atomic E-state index is -0.765. The van der Waals surface area contributed by atoms with E-state index in [1.165, 1.54) is 6.07 Å². The lowest BCUT2D eigenvalue weighted by molar-refractivity contribution is 0.0934. The summed E-state index contributed by atoms with van der Waals surface area (Å²) in [5, 5.41) is 3.29. The lowest BCUT2D eigenvalue weighted by Gasteiger charge is -2.28. The molecule has 2 atom stereocenters. The molecule has 0 bridgehead atoms. The first-order valence-corrected chi connectivity index (χ1v) is 6.77. The Morgan fingerprint density at radius 1 is 1.42 bits per heavy atom. The highest BCUT2D eigenvalue weighted by Gasteiger charge is 2.25. The maximum atomic E-state index is 13.5. The summed E-state index contributed by atoms with van der Waals surface area (Å²) in [5.41, 5.74) is -0.391. The highest BCUT2D eigenvalue weighted by atomic mass is 19.1. The van der Waals surface area contributed by atoms with Crippen molar-refractivity contribution in [2.75, 3.05) is 13.1 Å². The van der Waals surface area contributed by atoms with Crippen LogP contribution in [0.1, 0.15) is 36.5 Å². The number of hydrogen-bond donors (Lipinski definition) is 1. The number of nitrogens with one attached hydrogen (secondary N) is 1. The van der Waals surface area contributed by atoms with Gasteiger partial charge in [-0.15, -0.1) is 0 Å². The van der Waals surface area contributed by atoms with Crippen LogP contribution in [-0.4, -0.2) is 18.9 Å². The number of piperidine rings is 1. The predicted octanol–water partition coefficient (Wildman–Crippen LogP) is 3.17. The van der Waals surface area contributed by atoms with Crippen molar-refractivity contribution in [1.29, 1.82) is 0 Å². The van der Waals surface area contributed by atoms with Crippen LogP contribution in [0.4, 0.5) is 8.78 Å². The largest absolute Gasteiger partial charge is 0.316 e. The summed E-state index contributed by atoms with van der Waals surface area (Å²) in [6, 6.07) is 3.53. The second kappa shape index (κ2) is 6.24. The first-order chi connectivity index (χ1) is 9.09. The van der Waals surface area contributed by atoms with E-state index in [2.05, 4.69) is 5.32 Å². The van der Waals surface area contributed by atoms with Gasteiger partial charge < -0.3 is 5.32 Å². The second-order valence-corrected chi connectivity index (χ2v) is 5.31. The lowest BCUT2D eigenvalue weighted by Crippen LogP contribution is -2.34. The van der Waals surface area contributed by atoms with E-state index in [0.29, 0.717) is 5.92 Å². The van der Waals surface area contributed by atoms with Crippen LogP contribution in [0, 0.1) is 23.5 Å². The third-order valence-electron chi connectivity index (χ3n) is 3.89. The lowest BCUT2D eigenvalue weighted by atomic mass is 9.83. The second-order valence-electron chi connectivity index (χ2n) is 5.31. The summed E-state index contributed by atoms with van der Waals surface area (Å²) < 4.78 is 27.0. The number of hydrogen-bond acceptors (Lipinski definition) is 2. The van der Waals surface area contributed by atoms with E-state index in [9.17, 15) is 13.6 Å². The van der Waals surface area contributed by atoms with Crippen molar-refractivity contribution in [3.8, 4) is 0 Å². The molecule has 1 aliphatic heterocycles. The van der Waals surface area contributed by atoms with Gasteiger partial charge in [0.1, 0.15) is 11.6 Å². The van der Waals surface area contributed by atoms with Crippen molar-refractivity contribution < 1.29 is 13.6 Å². The molecule has 1 N–H and O–H groups in total. The average molecular weight is 267 g/mol. The van der Waals surface area contributed by atoms with Crippen LogP contribution in [0.15, 0.2) is 18.2 Å². The Kier molecular flexibility index (Phi) is 4.64. The van der Waals surface area contributed by atoms with Crippen molar-refractivity contribution in [3.05, 3.63) is 35.4 Å². The number of rotatable bonds is 4. The highest BCUT2D eigenvalue weighted by Crippen LogP contribution is 2.25. The van der Waals surface area contributed by atoms with E-state index >= 15 is 0 Å². The Morgan fingerprint density at radius 3 is 2.68 bits per heavy atom. The van der Waals surface area contributed by atoms with E-state index in [-0.39, 0.29) is 12.3 Å². The molecule has 2 nitrogen and oxygen atoms in total. The van der Waals surface area contributed by atoms with Crippen LogP contribution >= 0.6 is 0 Å². The third-order valence-corrected chi connectivity index (χ3v) is 3.89. The number of carbonyl (C=O) groups is 1. The molecule has 104 valence electrons. The molecule has 0 aromatic heterocycles. The van der Waals surface area contributed by atoms with Crippen LogP contribution in [-0.2, 0) is 0 Å². The Bertz CT molecular complexity index is 435. The van der Waals surface area contributed by atoms with E-state index in [1.54, 1.807) is 0 Å². The fourth-order valence-electron chi connectivity index (χ4n) is 2.69. The summed E-state index contributed by atoms with van der Waals surface area (Å²) in [6.07, 6.45) is 2.36. The fraction of sp³-hybridized carbons (Fsp3) is 0.533. The molecule has 19 heavy (non-hydrogen) atoms. The molecule has 0 saturated carbocycles. The van der Waals surface area contributed by atoms with Gasteiger partial charge in [-0.3, -0.25) is 4.79 Å². The van der Waals surface area contributed by atoms with Gasteiger partial charge in [0.15, 0.2) is 5.78 Å². The van der Waals surface area contributed by atoms with Crippen LogP contribution in [0.25, 0.3) is 0 Å². The zero-order valence-corrected chi connectivity index (χ0v) is 11.1. The Morgan fingerprint density at radius 2 is 2.11 bits per heavy atom. The molecule has 1 aromatic carbocycles. The minimum absolute atomic E-state index is 0.138. The monoisotopic (exact) mass is 267 g/mol. The molecule has 2 rings (SSSR count). The predicted molar refractivity (Wildman–Crippen MR) is 70.1 cm³/mol. The van der Waals surface area contributed by atoms with Gasteiger partial charge in [0.25, 0.3) is 0 Å². The molecule has 0 amide bonds. The summed E-state index contributed by atoms with van der Waals surface area (Å²) in [4.78, 5) is 12.0. The highest BCUT2D eigenvalue weighted by molar-refractivity contribution is 5.96. The Labute approximate surface area is 112 Å². The smallest absolute Gasteiger partial charge is 0.169 e. The van der Waals surface area contributed by atoms with Gasteiger partial charge in [0.2, 0.25) is 0 Å². The van der Waals surface area contributed by atoms with Gasteiger partial charge in [0.05, 0.1) is 5.56 Å². The molecule has 1 aliphatic rings. The molecular formula is C15H19F2NO. The standard InChI is InChI=1S/C15H19F2NO/c1-10(11-4-3-7-18-9-11)8-14(19)15-12(16)5-2-6-13(15)17/h2,5-6,10-11,18H,3-4,7-9H2,1H3. The zero-order valence-electron chi connectivity index (χ0n) is 11.1. The van der Waals surface area contributed by atoms with Gasteiger partial charge in [-0.05, 0) is 49.9 Å². The number of carbonyl (C=O) groups excluding carboxylic acids is 1. The summed E-state index contributed by atoms with van der Waals surface area (Å²) >= 11 is 0. The SMILES string of the molecule is CC(CC(=O)c1c(F)cccc1F)C1CCCNC1. The summed E-state index contributed by atoms with van der Waals surface area (Å²) in [7, 11) is 0. The van der Waals surface area contributed by atoms with E-state index < -0.39 is 23.0 Å². The molecule has 1 aromatic rings. The van der Waals surface area contributed by atoms with Crippen molar-refractivity contribution in [3.63, 3.8) is 0 Å². The molecule has 0 aliphatic carbocycles. The topological polar surface area (TPSA) is 29.1 Å². The normalized spacial score (nSPS) is 21.1. The quantitative estimate of drug-likeness (QED) is 0.849. The third kappa shape index (κ3) is 3.38. The molecule has 4 heteroatoms. The number of ketones is 1. The van der Waals surface area contributed by atoms with Crippen LogP contribution in [0.2, 0.25) is 0 Å². The molecule has 2 unspecified atom stereocenters. The van der Waals surface area contributed by atoms with E-state index in [4.69, 9.17) is 0 Å². The molecule has 1 heterocycles. The van der Waals surface area contributed by atoms with Crippen LogP contribution < -0.4 is 5.32 Å². The van der Waals surface area contributed by atoms with E-state index in [1.807, 2.05) is 6.92 Å². The van der Waals surface area contributed by atoms with Crippen molar-refractivity contribution >= 4 is 5.78 Å². The van der Waals surface area contributed by atoms with Crippen molar-refractivity contribution in [1.82, 2.24) is 5.32 Å². The maximum Gasteiger partial charge on any atom is 0.169 e. The van der Waals surface area contributed by atoms with Gasteiger partial charge in [-0.2, -0.15) is 0 Å². The van der Waals surface area contributed by atoms with Crippen LogP contribution in [0.5, 0.6) is 0 Å². The van der Waals surface area contributed by atoms with Gasteiger partial charge in [-0.25, -0.2) is 8.78 Å². The van der Waals surface area contributed by atoms with Gasteiger partial charge in [0, 0.05) is 6.42 Å². The molecule has 0 spiro atoms. The number of Topliss-reactive ketones (excluding diaryl/α,β-unsaturated/α-hetero) is 1. The summed E-state index contributed by atoms with van der Waals surface area (Å²) in [5.74, 6) is -1.42.